The maximum absolute atomic E-state index is 12.1. The fourth-order valence-electron chi connectivity index (χ4n) is 2.38. The lowest BCUT2D eigenvalue weighted by molar-refractivity contribution is -0.133. The number of benzene rings is 2. The molecule has 2 aromatic carbocycles. The highest BCUT2D eigenvalue weighted by molar-refractivity contribution is 6.35. The lowest BCUT2D eigenvalue weighted by Gasteiger charge is -2.16. The zero-order chi connectivity index (χ0) is 22.3. The lowest BCUT2D eigenvalue weighted by atomic mass is 10.1. The first-order valence-electron chi connectivity index (χ1n) is 9.23. The Labute approximate surface area is 185 Å². The van der Waals surface area contributed by atoms with Crippen LogP contribution < -0.4 is 20.9 Å². The van der Waals surface area contributed by atoms with Crippen LogP contribution in [0.2, 0.25) is 10.0 Å². The minimum Gasteiger partial charge on any atom is -0.479 e. The number of rotatable bonds is 7. The third-order valence-electron chi connectivity index (χ3n) is 4.26. The third-order valence-corrected chi connectivity index (χ3v) is 4.79. The highest BCUT2D eigenvalue weighted by Gasteiger charge is 2.17. The van der Waals surface area contributed by atoms with E-state index in [9.17, 15) is 14.4 Å². The molecule has 0 fully saturated rings. The van der Waals surface area contributed by atoms with E-state index < -0.39 is 17.9 Å². The molecule has 7 nitrogen and oxygen atoms in total. The van der Waals surface area contributed by atoms with Gasteiger partial charge in [0.1, 0.15) is 5.75 Å². The number of aryl methyl sites for hydroxylation is 2. The molecule has 0 bridgehead atoms. The van der Waals surface area contributed by atoms with Gasteiger partial charge in [-0.25, -0.2) is 0 Å². The third kappa shape index (κ3) is 7.24. The molecule has 30 heavy (non-hydrogen) atoms. The lowest BCUT2D eigenvalue weighted by Crippen LogP contribution is -2.47. The van der Waals surface area contributed by atoms with Crippen LogP contribution in [0.5, 0.6) is 5.75 Å². The summed E-state index contributed by atoms with van der Waals surface area (Å²) in [6, 6.07) is 10.2. The van der Waals surface area contributed by atoms with E-state index in [-0.39, 0.29) is 29.5 Å². The zero-order valence-corrected chi connectivity index (χ0v) is 18.4. The van der Waals surface area contributed by atoms with Crippen LogP contribution in [0.25, 0.3) is 0 Å². The van der Waals surface area contributed by atoms with Gasteiger partial charge in [0.25, 0.3) is 5.91 Å². The Morgan fingerprint density at radius 2 is 1.63 bits per heavy atom. The van der Waals surface area contributed by atoms with Crippen molar-refractivity contribution in [3.63, 3.8) is 0 Å². The Morgan fingerprint density at radius 3 is 2.30 bits per heavy atom. The van der Waals surface area contributed by atoms with Gasteiger partial charge in [-0.05, 0) is 62.2 Å². The van der Waals surface area contributed by atoms with Gasteiger partial charge in [-0.3, -0.25) is 25.2 Å². The van der Waals surface area contributed by atoms with E-state index in [1.807, 2.05) is 26.0 Å². The Bertz CT molecular complexity index is 950. The van der Waals surface area contributed by atoms with Crippen molar-refractivity contribution in [3.8, 4) is 5.75 Å². The van der Waals surface area contributed by atoms with Crippen LogP contribution in [-0.4, -0.2) is 23.8 Å². The van der Waals surface area contributed by atoms with E-state index in [2.05, 4.69) is 16.2 Å². The molecule has 0 aliphatic rings. The highest BCUT2D eigenvalue weighted by Crippen LogP contribution is 2.28. The van der Waals surface area contributed by atoms with E-state index in [1.165, 1.54) is 13.0 Å². The van der Waals surface area contributed by atoms with Gasteiger partial charge in [-0.1, -0.05) is 29.3 Å². The Morgan fingerprint density at radius 1 is 0.933 bits per heavy atom. The molecule has 3 amide bonds. The molecule has 9 heteroatoms. The topological polar surface area (TPSA) is 96.5 Å². The molecule has 1 atom stereocenters. The minimum atomic E-state index is -0.919. The Balaban J connectivity index is 1.73. The molecule has 0 aromatic heterocycles. The van der Waals surface area contributed by atoms with Gasteiger partial charge >= 0.3 is 0 Å². The summed E-state index contributed by atoms with van der Waals surface area (Å²) >= 11 is 11.8. The monoisotopic (exact) mass is 451 g/mol. The summed E-state index contributed by atoms with van der Waals surface area (Å²) < 4.78 is 5.46. The fourth-order valence-corrected chi connectivity index (χ4v) is 2.83. The number of hydrazine groups is 1. The van der Waals surface area contributed by atoms with Crippen LogP contribution >= 0.6 is 23.2 Å². The number of anilines is 1. The standard InChI is InChI=1S/C21H23Cl2N3O4/c1-12-4-6-16(10-13(12)2)24-19(27)8-9-20(28)25-26-21(29)14(3)30-18-7-5-15(22)11-17(18)23/h4-7,10-11,14H,8-9H2,1-3H3,(H,24,27)(H,25,28)(H,26,29). The summed E-state index contributed by atoms with van der Waals surface area (Å²) in [6.45, 7) is 5.44. The highest BCUT2D eigenvalue weighted by atomic mass is 35.5. The van der Waals surface area contributed by atoms with E-state index in [1.54, 1.807) is 18.2 Å². The van der Waals surface area contributed by atoms with Crippen molar-refractivity contribution in [1.82, 2.24) is 10.9 Å². The largest absolute Gasteiger partial charge is 0.479 e. The van der Waals surface area contributed by atoms with E-state index in [0.717, 1.165) is 11.1 Å². The van der Waals surface area contributed by atoms with Crippen LogP contribution in [0.1, 0.15) is 30.9 Å². The number of hydrogen-bond acceptors (Lipinski definition) is 4. The number of halogens is 2. The predicted octanol–water partition coefficient (Wildman–Crippen LogP) is 3.94. The summed E-state index contributed by atoms with van der Waals surface area (Å²) in [7, 11) is 0. The van der Waals surface area contributed by atoms with Crippen molar-refractivity contribution in [2.75, 3.05) is 5.32 Å². The molecule has 3 N–H and O–H groups in total. The molecule has 1 unspecified atom stereocenters. The quantitative estimate of drug-likeness (QED) is 0.555. The second-order valence-electron chi connectivity index (χ2n) is 6.72. The minimum absolute atomic E-state index is 0.0267. The molecule has 2 aromatic rings. The van der Waals surface area contributed by atoms with Gasteiger partial charge in [-0.15, -0.1) is 0 Å². The van der Waals surface area contributed by atoms with Gasteiger partial charge in [0.15, 0.2) is 6.10 Å². The predicted molar refractivity (Wildman–Crippen MR) is 117 cm³/mol. The van der Waals surface area contributed by atoms with Crippen molar-refractivity contribution in [3.05, 3.63) is 57.6 Å². The van der Waals surface area contributed by atoms with Crippen molar-refractivity contribution >= 4 is 46.6 Å². The maximum Gasteiger partial charge on any atom is 0.279 e. The average molecular weight is 452 g/mol. The molecule has 0 aliphatic heterocycles. The van der Waals surface area contributed by atoms with Gasteiger partial charge in [0, 0.05) is 23.6 Å². The molecular weight excluding hydrogens is 429 g/mol. The number of ether oxygens (including phenoxy) is 1. The van der Waals surface area contributed by atoms with Crippen molar-refractivity contribution in [2.24, 2.45) is 0 Å². The summed E-state index contributed by atoms with van der Waals surface area (Å²) in [5, 5.41) is 3.44. The molecule has 160 valence electrons. The number of carbonyl (C=O) groups is 3. The molecule has 0 spiro atoms. The number of amides is 3. The summed E-state index contributed by atoms with van der Waals surface area (Å²) in [5.41, 5.74) is 7.37. The molecule has 0 saturated heterocycles. The van der Waals surface area contributed by atoms with Gasteiger partial charge in [0.05, 0.1) is 5.02 Å². The van der Waals surface area contributed by atoms with Crippen LogP contribution in [0.4, 0.5) is 5.69 Å². The first kappa shape index (κ1) is 23.5. The van der Waals surface area contributed by atoms with Crippen LogP contribution in [0, 0.1) is 13.8 Å². The average Bonchev–Trinajstić information content (AvgIpc) is 2.69. The van der Waals surface area contributed by atoms with Crippen LogP contribution in [0.3, 0.4) is 0 Å². The smallest absolute Gasteiger partial charge is 0.279 e. The number of nitrogens with one attached hydrogen (secondary N) is 3. The molecule has 0 aliphatic carbocycles. The molecule has 0 heterocycles. The summed E-state index contributed by atoms with van der Waals surface area (Å²) in [5.74, 6) is -1.09. The summed E-state index contributed by atoms with van der Waals surface area (Å²) in [4.78, 5) is 36.0. The van der Waals surface area contributed by atoms with Gasteiger partial charge in [-0.2, -0.15) is 0 Å². The van der Waals surface area contributed by atoms with Crippen molar-refractivity contribution in [1.29, 1.82) is 0 Å². The van der Waals surface area contributed by atoms with Gasteiger partial charge in [0.2, 0.25) is 11.8 Å². The number of hydrogen-bond donors (Lipinski definition) is 3. The Kier molecular flexibility index (Phi) is 8.50. The molecule has 2 rings (SSSR count). The van der Waals surface area contributed by atoms with Crippen molar-refractivity contribution < 1.29 is 19.1 Å². The zero-order valence-electron chi connectivity index (χ0n) is 16.8. The van der Waals surface area contributed by atoms with E-state index >= 15 is 0 Å². The maximum atomic E-state index is 12.1. The first-order valence-corrected chi connectivity index (χ1v) is 9.99. The fraction of sp³-hybridized carbons (Fsp3) is 0.286. The van der Waals surface area contributed by atoms with Crippen molar-refractivity contribution in [2.45, 2.75) is 39.7 Å². The number of carbonyl (C=O) groups excluding carboxylic acids is 3. The molecule has 0 saturated carbocycles. The first-order chi connectivity index (χ1) is 14.2. The second-order valence-corrected chi connectivity index (χ2v) is 7.56. The SMILES string of the molecule is Cc1ccc(NC(=O)CCC(=O)NNC(=O)C(C)Oc2ccc(Cl)cc2Cl)cc1C. The second kappa shape index (κ2) is 10.8. The van der Waals surface area contributed by atoms with Gasteiger partial charge < -0.3 is 10.1 Å². The summed E-state index contributed by atoms with van der Waals surface area (Å²) in [6.07, 6.45) is -1.03. The van der Waals surface area contributed by atoms with E-state index in [4.69, 9.17) is 27.9 Å². The van der Waals surface area contributed by atoms with Crippen LogP contribution in [0.15, 0.2) is 36.4 Å². The molecular formula is C21H23Cl2N3O4. The Hall–Kier alpha value is -2.77. The van der Waals surface area contributed by atoms with E-state index in [0.29, 0.717) is 10.7 Å². The normalized spacial score (nSPS) is 11.4. The molecule has 0 radical (unpaired) electrons. The van der Waals surface area contributed by atoms with Crippen LogP contribution in [-0.2, 0) is 14.4 Å².